The van der Waals surface area contributed by atoms with Crippen LogP contribution in [-0.2, 0) is 26.5 Å². The number of carbonyl (C=O) groups excluding carboxylic acids is 1. The van der Waals surface area contributed by atoms with E-state index in [4.69, 9.17) is 9.47 Å². The van der Waals surface area contributed by atoms with Crippen molar-refractivity contribution in [1.82, 2.24) is 0 Å². The smallest absolute Gasteiger partial charge is 0.346 e. The Hall–Kier alpha value is -4.11. The first kappa shape index (κ1) is 19.8. The number of ether oxygens (including phenoxy) is 2. The summed E-state index contributed by atoms with van der Waals surface area (Å²) in [7, 11) is 0. The summed E-state index contributed by atoms with van der Waals surface area (Å²) in [5.74, 6) is -1.16. The van der Waals surface area contributed by atoms with Gasteiger partial charge in [-0.05, 0) is 11.1 Å². The van der Waals surface area contributed by atoms with E-state index in [9.17, 15) is 4.79 Å². The van der Waals surface area contributed by atoms with Gasteiger partial charge in [-0.3, -0.25) is 0 Å². The van der Waals surface area contributed by atoms with Crippen LogP contribution in [0.5, 0.6) is 0 Å². The molecule has 0 saturated heterocycles. The van der Waals surface area contributed by atoms with Gasteiger partial charge in [0.2, 0.25) is 0 Å². The van der Waals surface area contributed by atoms with Crippen LogP contribution in [0, 0.1) is 0 Å². The third-order valence-corrected chi connectivity index (χ3v) is 5.55. The number of cyclic esters (lactones) is 1. The molecule has 0 fully saturated rings. The third kappa shape index (κ3) is 3.81. The third-order valence-electron chi connectivity index (χ3n) is 5.55. The molecule has 1 aliphatic rings. The van der Waals surface area contributed by atoms with E-state index < -0.39 is 11.8 Å². The SMILES string of the molecule is O=C1O[C@@](Cc2ccccc2)(c2ccccc2)OC(c2ccccc2)=C1c1ccccc1. The fourth-order valence-electron chi connectivity index (χ4n) is 4.03. The van der Waals surface area contributed by atoms with Crippen LogP contribution in [0.25, 0.3) is 11.3 Å². The molecule has 1 aliphatic heterocycles. The Kier molecular flexibility index (Phi) is 5.30. The molecule has 0 bridgehead atoms. The molecule has 1 atom stereocenters. The maximum Gasteiger partial charge on any atom is 0.346 e. The monoisotopic (exact) mass is 418 g/mol. The van der Waals surface area contributed by atoms with E-state index in [1.54, 1.807) is 0 Å². The summed E-state index contributed by atoms with van der Waals surface area (Å²) in [6, 6.07) is 38.9. The molecule has 0 spiro atoms. The summed E-state index contributed by atoms with van der Waals surface area (Å²) in [6.07, 6.45) is 0.391. The average molecular weight is 418 g/mol. The molecule has 0 aromatic heterocycles. The van der Waals surface area contributed by atoms with E-state index in [0.717, 1.165) is 22.3 Å². The Labute approximate surface area is 187 Å². The van der Waals surface area contributed by atoms with Crippen LogP contribution in [0.4, 0.5) is 0 Å². The molecular formula is C29H22O3. The van der Waals surface area contributed by atoms with Gasteiger partial charge in [0.25, 0.3) is 5.79 Å². The first-order valence-corrected chi connectivity index (χ1v) is 10.6. The minimum absolute atomic E-state index is 0.391. The van der Waals surface area contributed by atoms with E-state index in [1.807, 2.05) is 121 Å². The average Bonchev–Trinajstić information content (AvgIpc) is 2.86. The summed E-state index contributed by atoms with van der Waals surface area (Å²) in [5.41, 5.74) is 3.82. The highest BCUT2D eigenvalue weighted by atomic mass is 16.7. The second-order valence-electron chi connectivity index (χ2n) is 7.71. The lowest BCUT2D eigenvalue weighted by molar-refractivity contribution is -0.211. The Bertz CT molecular complexity index is 1230. The molecule has 4 aromatic rings. The molecule has 0 saturated carbocycles. The van der Waals surface area contributed by atoms with Gasteiger partial charge in [-0.1, -0.05) is 121 Å². The predicted octanol–water partition coefficient (Wildman–Crippen LogP) is 6.22. The first-order chi connectivity index (χ1) is 15.8. The molecule has 3 heteroatoms. The highest BCUT2D eigenvalue weighted by Gasteiger charge is 2.46. The van der Waals surface area contributed by atoms with E-state index >= 15 is 0 Å². The summed E-state index contributed by atoms with van der Waals surface area (Å²) >= 11 is 0. The van der Waals surface area contributed by atoms with Crippen molar-refractivity contribution in [3.05, 3.63) is 144 Å². The van der Waals surface area contributed by atoms with E-state index in [-0.39, 0.29) is 0 Å². The van der Waals surface area contributed by atoms with Crippen molar-refractivity contribution in [1.29, 1.82) is 0 Å². The van der Waals surface area contributed by atoms with E-state index in [0.29, 0.717) is 17.8 Å². The summed E-state index contributed by atoms with van der Waals surface area (Å²) in [4.78, 5) is 13.6. The molecule has 4 aromatic carbocycles. The van der Waals surface area contributed by atoms with Crippen LogP contribution in [0.15, 0.2) is 121 Å². The number of benzene rings is 4. The summed E-state index contributed by atoms with van der Waals surface area (Å²) < 4.78 is 12.9. The summed E-state index contributed by atoms with van der Waals surface area (Å²) in [5, 5.41) is 0. The molecule has 0 aliphatic carbocycles. The highest BCUT2D eigenvalue weighted by Crippen LogP contribution is 2.44. The van der Waals surface area contributed by atoms with Gasteiger partial charge < -0.3 is 9.47 Å². The van der Waals surface area contributed by atoms with Crippen molar-refractivity contribution in [3.63, 3.8) is 0 Å². The molecule has 0 N–H and O–H groups in total. The molecular weight excluding hydrogens is 396 g/mol. The molecule has 32 heavy (non-hydrogen) atoms. The maximum absolute atomic E-state index is 13.6. The molecule has 0 amide bonds. The lowest BCUT2D eigenvalue weighted by Gasteiger charge is -2.39. The Morgan fingerprint density at radius 1 is 0.562 bits per heavy atom. The zero-order valence-corrected chi connectivity index (χ0v) is 17.5. The number of carbonyl (C=O) groups is 1. The van der Waals surface area contributed by atoms with Crippen molar-refractivity contribution >= 4 is 17.3 Å². The Balaban J connectivity index is 1.71. The lowest BCUT2D eigenvalue weighted by Crippen LogP contribution is -2.41. The number of rotatable bonds is 5. The van der Waals surface area contributed by atoms with Crippen molar-refractivity contribution in [2.45, 2.75) is 12.2 Å². The van der Waals surface area contributed by atoms with Gasteiger partial charge in [-0.25, -0.2) is 4.79 Å². The topological polar surface area (TPSA) is 35.5 Å². The lowest BCUT2D eigenvalue weighted by atomic mass is 9.93. The molecule has 3 nitrogen and oxygen atoms in total. The van der Waals surface area contributed by atoms with Gasteiger partial charge in [0.15, 0.2) is 0 Å². The molecule has 1 heterocycles. The molecule has 0 radical (unpaired) electrons. The second kappa shape index (κ2) is 8.56. The maximum atomic E-state index is 13.6. The predicted molar refractivity (Wildman–Crippen MR) is 125 cm³/mol. The van der Waals surface area contributed by atoms with Crippen molar-refractivity contribution < 1.29 is 14.3 Å². The minimum atomic E-state index is -1.27. The zero-order valence-electron chi connectivity index (χ0n) is 17.5. The largest absolute Gasteiger partial charge is 0.446 e. The van der Waals surface area contributed by atoms with Gasteiger partial charge in [0, 0.05) is 11.1 Å². The first-order valence-electron chi connectivity index (χ1n) is 10.6. The fourth-order valence-corrected chi connectivity index (χ4v) is 4.03. The quantitative estimate of drug-likeness (QED) is 0.361. The second-order valence-corrected chi connectivity index (χ2v) is 7.71. The van der Waals surface area contributed by atoms with E-state index in [2.05, 4.69) is 0 Å². The van der Waals surface area contributed by atoms with Gasteiger partial charge in [0.1, 0.15) is 11.3 Å². The van der Waals surface area contributed by atoms with Crippen molar-refractivity contribution in [2.24, 2.45) is 0 Å². The zero-order chi connectivity index (χ0) is 21.8. The van der Waals surface area contributed by atoms with Crippen LogP contribution in [0.2, 0.25) is 0 Å². The van der Waals surface area contributed by atoms with Crippen LogP contribution in [0.3, 0.4) is 0 Å². The Morgan fingerprint density at radius 2 is 1.06 bits per heavy atom. The van der Waals surface area contributed by atoms with Crippen LogP contribution < -0.4 is 0 Å². The highest BCUT2D eigenvalue weighted by molar-refractivity contribution is 6.24. The standard InChI is InChI=1S/C29H22O3/c30-28-26(23-15-7-2-8-16-23)27(24-17-9-3-10-18-24)31-29(32-28,25-19-11-4-12-20-25)21-22-13-5-1-6-14-22/h1-20H,21H2/t29-/m0/s1. The molecule has 0 unspecified atom stereocenters. The van der Waals surface area contributed by atoms with Crippen LogP contribution >= 0.6 is 0 Å². The van der Waals surface area contributed by atoms with Crippen molar-refractivity contribution in [2.75, 3.05) is 0 Å². The fraction of sp³-hybridized carbons (Fsp3) is 0.0690. The van der Waals surface area contributed by atoms with Gasteiger partial charge >= 0.3 is 5.97 Å². The number of hydrogen-bond donors (Lipinski definition) is 0. The summed E-state index contributed by atoms with van der Waals surface area (Å²) in [6.45, 7) is 0. The van der Waals surface area contributed by atoms with Crippen LogP contribution in [-0.4, -0.2) is 5.97 Å². The van der Waals surface area contributed by atoms with Crippen molar-refractivity contribution in [3.8, 4) is 0 Å². The minimum Gasteiger partial charge on any atom is -0.446 e. The van der Waals surface area contributed by atoms with Crippen LogP contribution in [0.1, 0.15) is 22.3 Å². The van der Waals surface area contributed by atoms with Gasteiger partial charge in [-0.2, -0.15) is 0 Å². The van der Waals surface area contributed by atoms with Gasteiger partial charge in [0.05, 0.1) is 6.42 Å². The molecule has 5 rings (SSSR count). The van der Waals surface area contributed by atoms with Gasteiger partial charge in [-0.15, -0.1) is 0 Å². The number of hydrogen-bond acceptors (Lipinski definition) is 3. The Morgan fingerprint density at radius 3 is 1.66 bits per heavy atom. The molecule has 156 valence electrons. The normalized spacial score (nSPS) is 18.1. The van der Waals surface area contributed by atoms with E-state index in [1.165, 1.54) is 0 Å². The number of esters is 1.